The maximum Gasteiger partial charge on any atom is 0.243 e. The SMILES string of the molecule is CSCC[C@@H](C(=O)NCc1nc2ccc(C)cc2[nH]1)n1cccc1. The van der Waals surface area contributed by atoms with E-state index in [0.29, 0.717) is 6.54 Å². The molecule has 0 unspecified atom stereocenters. The predicted octanol–water partition coefficient (Wildman–Crippen LogP) is 3.28. The van der Waals surface area contributed by atoms with E-state index < -0.39 is 0 Å². The van der Waals surface area contributed by atoms with Crippen LogP contribution in [0.5, 0.6) is 0 Å². The summed E-state index contributed by atoms with van der Waals surface area (Å²) >= 11 is 1.75. The van der Waals surface area contributed by atoms with Gasteiger partial charge in [0.15, 0.2) is 0 Å². The maximum absolute atomic E-state index is 12.6. The van der Waals surface area contributed by atoms with Gasteiger partial charge in [0.25, 0.3) is 0 Å². The van der Waals surface area contributed by atoms with E-state index in [1.807, 2.05) is 41.2 Å². The second-order valence-corrected chi connectivity index (χ2v) is 6.84. The van der Waals surface area contributed by atoms with E-state index in [0.717, 1.165) is 29.0 Å². The molecule has 0 aliphatic heterocycles. The number of fused-ring (bicyclic) bond motifs is 1. The fraction of sp³-hybridized carbons (Fsp3) is 0.333. The van der Waals surface area contributed by atoms with Crippen molar-refractivity contribution in [3.63, 3.8) is 0 Å². The Labute approximate surface area is 145 Å². The van der Waals surface area contributed by atoms with Gasteiger partial charge in [0, 0.05) is 12.4 Å². The van der Waals surface area contributed by atoms with Crippen molar-refractivity contribution < 1.29 is 4.79 Å². The van der Waals surface area contributed by atoms with Gasteiger partial charge in [-0.3, -0.25) is 4.79 Å². The standard InChI is InChI=1S/C18H22N4OS/c1-13-5-6-14-15(11-13)21-17(20-14)12-19-18(23)16(7-10-24-2)22-8-3-4-9-22/h3-6,8-9,11,16H,7,10,12H2,1-2H3,(H,19,23)(H,20,21)/t16-/m0/s1. The van der Waals surface area contributed by atoms with Gasteiger partial charge in [-0.1, -0.05) is 6.07 Å². The lowest BCUT2D eigenvalue weighted by molar-refractivity contribution is -0.124. The number of benzene rings is 1. The summed E-state index contributed by atoms with van der Waals surface area (Å²) in [7, 11) is 0. The quantitative estimate of drug-likeness (QED) is 0.692. The molecule has 2 heterocycles. The third-order valence-corrected chi connectivity index (χ3v) is 4.65. The third kappa shape index (κ3) is 3.82. The highest BCUT2D eigenvalue weighted by Gasteiger charge is 2.19. The van der Waals surface area contributed by atoms with Crippen molar-refractivity contribution in [3.8, 4) is 0 Å². The number of H-pyrrole nitrogens is 1. The molecule has 2 N–H and O–H groups in total. The number of aryl methyl sites for hydroxylation is 1. The van der Waals surface area contributed by atoms with Crippen molar-refractivity contribution in [2.45, 2.75) is 25.9 Å². The number of amides is 1. The first-order chi connectivity index (χ1) is 11.7. The fourth-order valence-electron chi connectivity index (χ4n) is 2.75. The summed E-state index contributed by atoms with van der Waals surface area (Å²) in [5, 5.41) is 3.01. The lowest BCUT2D eigenvalue weighted by Crippen LogP contribution is -2.32. The van der Waals surface area contributed by atoms with E-state index in [-0.39, 0.29) is 11.9 Å². The second-order valence-electron chi connectivity index (χ2n) is 5.85. The summed E-state index contributed by atoms with van der Waals surface area (Å²) in [5.74, 6) is 1.75. The topological polar surface area (TPSA) is 62.7 Å². The van der Waals surface area contributed by atoms with Crippen molar-refractivity contribution in [3.05, 3.63) is 54.1 Å². The number of carbonyl (C=O) groups is 1. The summed E-state index contributed by atoms with van der Waals surface area (Å²) < 4.78 is 1.97. The van der Waals surface area contributed by atoms with Gasteiger partial charge in [0.1, 0.15) is 11.9 Å². The Bertz CT molecular complexity index is 810. The van der Waals surface area contributed by atoms with Crippen LogP contribution in [-0.2, 0) is 11.3 Å². The molecular weight excluding hydrogens is 320 g/mol. The lowest BCUT2D eigenvalue weighted by Gasteiger charge is -2.18. The number of imidazole rings is 1. The smallest absolute Gasteiger partial charge is 0.243 e. The molecule has 5 nitrogen and oxygen atoms in total. The average Bonchev–Trinajstić information content (AvgIpc) is 3.22. The Morgan fingerprint density at radius 1 is 1.38 bits per heavy atom. The number of rotatable bonds is 7. The summed E-state index contributed by atoms with van der Waals surface area (Å²) in [6.45, 7) is 2.46. The van der Waals surface area contributed by atoms with Gasteiger partial charge in [-0.05, 0) is 55.2 Å². The van der Waals surface area contributed by atoms with E-state index in [1.54, 1.807) is 11.8 Å². The molecule has 1 atom stereocenters. The molecule has 24 heavy (non-hydrogen) atoms. The van der Waals surface area contributed by atoms with Crippen molar-refractivity contribution in [1.29, 1.82) is 0 Å². The monoisotopic (exact) mass is 342 g/mol. The van der Waals surface area contributed by atoms with Gasteiger partial charge in [0.2, 0.25) is 5.91 Å². The zero-order valence-corrected chi connectivity index (χ0v) is 14.8. The van der Waals surface area contributed by atoms with Crippen LogP contribution in [0.2, 0.25) is 0 Å². The molecule has 0 fully saturated rings. The molecule has 0 bridgehead atoms. The van der Waals surface area contributed by atoms with E-state index >= 15 is 0 Å². The van der Waals surface area contributed by atoms with Gasteiger partial charge in [-0.2, -0.15) is 11.8 Å². The van der Waals surface area contributed by atoms with Crippen LogP contribution in [0, 0.1) is 6.92 Å². The van der Waals surface area contributed by atoms with Crippen LogP contribution in [0.1, 0.15) is 23.9 Å². The van der Waals surface area contributed by atoms with Gasteiger partial charge in [0.05, 0.1) is 17.6 Å². The Morgan fingerprint density at radius 3 is 2.92 bits per heavy atom. The first-order valence-corrected chi connectivity index (χ1v) is 9.41. The molecule has 3 rings (SSSR count). The van der Waals surface area contributed by atoms with Gasteiger partial charge in [-0.25, -0.2) is 4.98 Å². The van der Waals surface area contributed by atoms with Crippen molar-refractivity contribution >= 4 is 28.7 Å². The van der Waals surface area contributed by atoms with Crippen LogP contribution in [0.15, 0.2) is 42.7 Å². The molecule has 0 radical (unpaired) electrons. The van der Waals surface area contributed by atoms with E-state index in [4.69, 9.17) is 0 Å². The van der Waals surface area contributed by atoms with Crippen molar-refractivity contribution in [2.24, 2.45) is 0 Å². The molecule has 0 saturated carbocycles. The number of nitrogens with zero attached hydrogens (tertiary/aromatic N) is 2. The number of nitrogens with one attached hydrogen (secondary N) is 2. The van der Waals surface area contributed by atoms with Gasteiger partial charge in [-0.15, -0.1) is 0 Å². The van der Waals surface area contributed by atoms with Gasteiger partial charge >= 0.3 is 0 Å². The Balaban J connectivity index is 1.67. The largest absolute Gasteiger partial charge is 0.347 e. The summed E-state index contributed by atoms with van der Waals surface area (Å²) in [5.41, 5.74) is 3.12. The summed E-state index contributed by atoms with van der Waals surface area (Å²) in [6, 6.07) is 9.80. The molecule has 2 aromatic heterocycles. The van der Waals surface area contributed by atoms with Gasteiger partial charge < -0.3 is 14.9 Å². The Hall–Kier alpha value is -2.21. The highest BCUT2D eigenvalue weighted by atomic mass is 32.2. The second kappa shape index (κ2) is 7.57. The first-order valence-electron chi connectivity index (χ1n) is 8.01. The van der Waals surface area contributed by atoms with Crippen LogP contribution in [-0.4, -0.2) is 32.5 Å². The maximum atomic E-state index is 12.6. The normalized spacial score (nSPS) is 12.4. The molecule has 126 valence electrons. The molecule has 0 spiro atoms. The minimum absolute atomic E-state index is 0.0249. The molecule has 0 aliphatic rings. The predicted molar refractivity (Wildman–Crippen MR) is 99.1 cm³/mol. The summed E-state index contributed by atoms with van der Waals surface area (Å²) in [4.78, 5) is 20.4. The number of thioether (sulfide) groups is 1. The lowest BCUT2D eigenvalue weighted by atomic mass is 10.2. The van der Waals surface area contributed by atoms with E-state index in [2.05, 4.69) is 34.5 Å². The number of aromatic nitrogens is 3. The van der Waals surface area contributed by atoms with Crippen LogP contribution in [0.25, 0.3) is 11.0 Å². The van der Waals surface area contributed by atoms with Crippen LogP contribution in [0.3, 0.4) is 0 Å². The van der Waals surface area contributed by atoms with E-state index in [9.17, 15) is 4.79 Å². The zero-order valence-electron chi connectivity index (χ0n) is 14.0. The highest BCUT2D eigenvalue weighted by Crippen LogP contribution is 2.16. The fourth-order valence-corrected chi connectivity index (χ4v) is 3.21. The van der Waals surface area contributed by atoms with E-state index in [1.165, 1.54) is 5.56 Å². The Kier molecular flexibility index (Phi) is 5.25. The summed E-state index contributed by atoms with van der Waals surface area (Å²) in [6.07, 6.45) is 6.74. The molecule has 0 saturated heterocycles. The average molecular weight is 342 g/mol. The first kappa shape index (κ1) is 16.6. The van der Waals surface area contributed by atoms with Crippen molar-refractivity contribution in [2.75, 3.05) is 12.0 Å². The van der Waals surface area contributed by atoms with Crippen LogP contribution in [0.4, 0.5) is 0 Å². The molecular formula is C18H22N4OS. The zero-order chi connectivity index (χ0) is 16.9. The minimum atomic E-state index is -0.181. The number of hydrogen-bond acceptors (Lipinski definition) is 3. The molecule has 3 aromatic rings. The molecule has 1 amide bonds. The molecule has 6 heteroatoms. The Morgan fingerprint density at radius 2 is 2.17 bits per heavy atom. The van der Waals surface area contributed by atoms with Crippen LogP contribution >= 0.6 is 11.8 Å². The minimum Gasteiger partial charge on any atom is -0.347 e. The van der Waals surface area contributed by atoms with Crippen LogP contribution < -0.4 is 5.32 Å². The number of hydrogen-bond donors (Lipinski definition) is 2. The molecule has 1 aromatic carbocycles. The molecule has 0 aliphatic carbocycles. The third-order valence-electron chi connectivity index (χ3n) is 4.00. The van der Waals surface area contributed by atoms with Crippen molar-refractivity contribution in [1.82, 2.24) is 19.9 Å². The number of carbonyl (C=O) groups excluding carboxylic acids is 1. The highest BCUT2D eigenvalue weighted by molar-refractivity contribution is 7.98. The number of aromatic amines is 1.